The van der Waals surface area contributed by atoms with Crippen LogP contribution in [0.2, 0.25) is 0 Å². The first kappa shape index (κ1) is 15.9. The Morgan fingerprint density at radius 3 is 2.14 bits per heavy atom. The highest BCUT2D eigenvalue weighted by Gasteiger charge is 2.40. The molecule has 1 saturated heterocycles. The normalized spacial score (nSPS) is 19.6. The van der Waals surface area contributed by atoms with Gasteiger partial charge >= 0.3 is 0 Å². The number of carboxylic acids is 1. The zero-order valence-electron chi connectivity index (χ0n) is 12.2. The molecule has 0 radical (unpaired) electrons. The molecule has 0 spiro atoms. The van der Waals surface area contributed by atoms with E-state index in [4.69, 9.17) is 0 Å². The average molecular weight is 311 g/mol. The topological polar surface area (TPSA) is 80.8 Å². The van der Waals surface area contributed by atoms with Crippen LogP contribution in [0.1, 0.15) is 18.4 Å². The van der Waals surface area contributed by atoms with Gasteiger partial charge in [0.1, 0.15) is 0 Å². The van der Waals surface area contributed by atoms with Crippen molar-refractivity contribution in [2.45, 2.75) is 18.3 Å². The van der Waals surface area contributed by atoms with E-state index in [9.17, 15) is 18.3 Å². The Morgan fingerprint density at radius 2 is 1.71 bits per heavy atom. The number of nitrogens with zero attached hydrogens (tertiary/aromatic N) is 2. The second kappa shape index (κ2) is 5.75. The van der Waals surface area contributed by atoms with Gasteiger partial charge in [0, 0.05) is 32.6 Å². The Hall–Kier alpha value is -1.44. The standard InChI is InChI=1S/C14H20N2O4S/c1-15(2)21(19,20)16-10-8-14(9-11-16,13(17)18)12-6-4-3-5-7-12/h3-7H,8-11H2,1-2H3,(H,17,18)/p-1. The molecule has 0 aromatic heterocycles. The molecule has 1 aromatic rings. The minimum absolute atomic E-state index is 0.170. The van der Waals surface area contributed by atoms with E-state index in [2.05, 4.69) is 0 Å². The minimum Gasteiger partial charge on any atom is -0.549 e. The molecule has 0 unspecified atom stereocenters. The fraction of sp³-hybridized carbons (Fsp3) is 0.500. The maximum atomic E-state index is 12.1. The monoisotopic (exact) mass is 311 g/mol. The number of carbonyl (C=O) groups excluding carboxylic acids is 1. The molecule has 0 N–H and O–H groups in total. The van der Waals surface area contributed by atoms with Crippen LogP contribution >= 0.6 is 0 Å². The van der Waals surface area contributed by atoms with E-state index in [0.29, 0.717) is 5.56 Å². The molecule has 1 aliphatic heterocycles. The highest BCUT2D eigenvalue weighted by atomic mass is 32.2. The Labute approximate surface area is 125 Å². The number of piperidine rings is 1. The van der Waals surface area contributed by atoms with Crippen molar-refractivity contribution in [3.8, 4) is 0 Å². The minimum atomic E-state index is -3.50. The highest BCUT2D eigenvalue weighted by Crippen LogP contribution is 2.36. The number of carbonyl (C=O) groups is 1. The van der Waals surface area contributed by atoms with Gasteiger partial charge in [0.15, 0.2) is 0 Å². The van der Waals surface area contributed by atoms with Crippen LogP contribution in [0.4, 0.5) is 0 Å². The number of aliphatic carboxylic acids is 1. The van der Waals surface area contributed by atoms with Crippen molar-refractivity contribution in [2.75, 3.05) is 27.2 Å². The summed E-state index contributed by atoms with van der Waals surface area (Å²) in [6.45, 7) is 0.340. The molecule has 1 heterocycles. The number of carboxylic acid groups (broad SMARTS) is 1. The van der Waals surface area contributed by atoms with Gasteiger partial charge in [0.2, 0.25) is 0 Å². The first-order valence-electron chi connectivity index (χ1n) is 6.75. The summed E-state index contributed by atoms with van der Waals surface area (Å²) in [6.07, 6.45) is 0.429. The van der Waals surface area contributed by atoms with Crippen LogP contribution in [0.15, 0.2) is 30.3 Å². The van der Waals surface area contributed by atoms with Crippen molar-refractivity contribution >= 4 is 16.2 Å². The van der Waals surface area contributed by atoms with Gasteiger partial charge in [-0.05, 0) is 18.4 Å². The number of rotatable bonds is 4. The second-order valence-electron chi connectivity index (χ2n) is 5.42. The Bertz CT molecular complexity index is 605. The molecular formula is C14H19N2O4S-. The van der Waals surface area contributed by atoms with Gasteiger partial charge in [-0.25, -0.2) is 0 Å². The maximum absolute atomic E-state index is 12.1. The first-order valence-corrected chi connectivity index (χ1v) is 8.15. The van der Waals surface area contributed by atoms with Crippen LogP contribution in [0.5, 0.6) is 0 Å². The Balaban J connectivity index is 2.26. The van der Waals surface area contributed by atoms with Crippen molar-refractivity contribution in [2.24, 2.45) is 0 Å². The molecule has 1 aliphatic rings. The molecule has 1 aromatic carbocycles. The third-order valence-corrected chi connectivity index (χ3v) is 6.02. The van der Waals surface area contributed by atoms with E-state index in [1.165, 1.54) is 18.4 Å². The maximum Gasteiger partial charge on any atom is 0.281 e. The van der Waals surface area contributed by atoms with Gasteiger partial charge in [0.25, 0.3) is 10.2 Å². The lowest BCUT2D eigenvalue weighted by Crippen LogP contribution is -2.55. The summed E-state index contributed by atoms with van der Waals surface area (Å²) >= 11 is 0. The van der Waals surface area contributed by atoms with E-state index in [-0.39, 0.29) is 25.9 Å². The van der Waals surface area contributed by atoms with Crippen molar-refractivity contribution < 1.29 is 18.3 Å². The molecule has 2 rings (SSSR count). The van der Waals surface area contributed by atoms with Crippen LogP contribution in [0.3, 0.4) is 0 Å². The summed E-state index contributed by atoms with van der Waals surface area (Å²) < 4.78 is 26.6. The first-order chi connectivity index (χ1) is 9.80. The highest BCUT2D eigenvalue weighted by molar-refractivity contribution is 7.86. The molecule has 0 aliphatic carbocycles. The summed E-state index contributed by atoms with van der Waals surface area (Å²) in [5.74, 6) is -1.14. The Kier molecular flexibility index (Phi) is 4.36. The van der Waals surface area contributed by atoms with Crippen molar-refractivity contribution in [1.29, 1.82) is 0 Å². The SMILES string of the molecule is CN(C)S(=O)(=O)N1CCC(C(=O)[O-])(c2ccccc2)CC1. The quantitative estimate of drug-likeness (QED) is 0.756. The van der Waals surface area contributed by atoms with Crippen LogP contribution in [-0.2, 0) is 20.4 Å². The van der Waals surface area contributed by atoms with Crippen molar-refractivity contribution in [1.82, 2.24) is 8.61 Å². The molecule has 0 bridgehead atoms. The van der Waals surface area contributed by atoms with E-state index in [1.807, 2.05) is 6.07 Å². The Morgan fingerprint density at radius 1 is 1.19 bits per heavy atom. The van der Waals surface area contributed by atoms with Gasteiger partial charge < -0.3 is 9.90 Å². The molecule has 1 fully saturated rings. The number of hydrogen-bond donors (Lipinski definition) is 0. The summed E-state index contributed by atoms with van der Waals surface area (Å²) in [6, 6.07) is 8.89. The molecule has 6 nitrogen and oxygen atoms in total. The van der Waals surface area contributed by atoms with E-state index in [0.717, 1.165) is 4.31 Å². The van der Waals surface area contributed by atoms with Crippen molar-refractivity contribution in [3.05, 3.63) is 35.9 Å². The van der Waals surface area contributed by atoms with Crippen LogP contribution < -0.4 is 5.11 Å². The molecule has 7 heteroatoms. The molecule has 0 saturated carbocycles. The smallest absolute Gasteiger partial charge is 0.281 e. The lowest BCUT2D eigenvalue weighted by molar-refractivity contribution is -0.315. The van der Waals surface area contributed by atoms with Gasteiger partial charge in [-0.15, -0.1) is 0 Å². The predicted octanol–water partition coefficient (Wildman–Crippen LogP) is -0.423. The van der Waals surface area contributed by atoms with Gasteiger partial charge in [-0.2, -0.15) is 17.0 Å². The van der Waals surface area contributed by atoms with Gasteiger partial charge in [-0.3, -0.25) is 0 Å². The van der Waals surface area contributed by atoms with Crippen LogP contribution in [0, 0.1) is 0 Å². The zero-order chi connectivity index (χ0) is 15.7. The lowest BCUT2D eigenvalue weighted by Gasteiger charge is -2.42. The molecule has 0 amide bonds. The van der Waals surface area contributed by atoms with E-state index >= 15 is 0 Å². The van der Waals surface area contributed by atoms with Crippen LogP contribution in [0.25, 0.3) is 0 Å². The summed E-state index contributed by atoms with van der Waals surface area (Å²) in [5, 5.41) is 11.7. The third-order valence-electron chi connectivity index (χ3n) is 4.08. The average Bonchev–Trinajstić information content (AvgIpc) is 2.47. The summed E-state index contributed by atoms with van der Waals surface area (Å²) in [7, 11) is -0.574. The lowest BCUT2D eigenvalue weighted by atomic mass is 9.73. The van der Waals surface area contributed by atoms with Crippen molar-refractivity contribution in [3.63, 3.8) is 0 Å². The molecule has 21 heavy (non-hydrogen) atoms. The van der Waals surface area contributed by atoms with E-state index < -0.39 is 21.6 Å². The largest absolute Gasteiger partial charge is 0.549 e. The van der Waals surface area contributed by atoms with Gasteiger partial charge in [0.05, 0.1) is 5.97 Å². The molecule has 116 valence electrons. The van der Waals surface area contributed by atoms with Gasteiger partial charge in [-0.1, -0.05) is 30.3 Å². The zero-order valence-corrected chi connectivity index (χ0v) is 13.0. The second-order valence-corrected chi connectivity index (χ2v) is 7.57. The fourth-order valence-corrected chi connectivity index (χ4v) is 3.80. The summed E-state index contributed by atoms with van der Waals surface area (Å²) in [4.78, 5) is 11.7. The summed E-state index contributed by atoms with van der Waals surface area (Å²) in [5.41, 5.74) is -0.438. The molecule has 0 atom stereocenters. The number of benzene rings is 1. The van der Waals surface area contributed by atoms with E-state index in [1.54, 1.807) is 24.3 Å². The van der Waals surface area contributed by atoms with Crippen LogP contribution in [-0.4, -0.2) is 50.2 Å². The fourth-order valence-electron chi connectivity index (χ4n) is 2.70. The predicted molar refractivity (Wildman–Crippen MR) is 76.5 cm³/mol. The third kappa shape index (κ3) is 2.81. The molecular weight excluding hydrogens is 292 g/mol. The number of hydrogen-bond acceptors (Lipinski definition) is 4.